The predicted octanol–water partition coefficient (Wildman–Crippen LogP) is 3.32. The van der Waals surface area contributed by atoms with Gasteiger partial charge in [0.25, 0.3) is 0 Å². The van der Waals surface area contributed by atoms with Crippen LogP contribution >= 0.6 is 11.6 Å². The van der Waals surface area contributed by atoms with E-state index in [2.05, 4.69) is 4.98 Å². The number of benzene rings is 1. The summed E-state index contributed by atoms with van der Waals surface area (Å²) in [6.07, 6.45) is 2.84. The van der Waals surface area contributed by atoms with Crippen molar-refractivity contribution >= 4 is 21.4 Å². The van der Waals surface area contributed by atoms with Crippen molar-refractivity contribution in [3.63, 3.8) is 0 Å². The van der Waals surface area contributed by atoms with Crippen molar-refractivity contribution in [1.29, 1.82) is 0 Å². The summed E-state index contributed by atoms with van der Waals surface area (Å²) < 4.78 is 28.5. The number of hydrogen-bond acceptors (Lipinski definition) is 4. The molecule has 0 saturated carbocycles. The van der Waals surface area contributed by atoms with Crippen molar-refractivity contribution in [3.8, 4) is 11.5 Å². The number of rotatable bonds is 4. The number of aromatic nitrogens is 1. The molecule has 1 aromatic heterocycles. The first-order chi connectivity index (χ1) is 9.40. The van der Waals surface area contributed by atoms with Gasteiger partial charge in [0.15, 0.2) is 9.84 Å². The molecule has 0 saturated heterocycles. The van der Waals surface area contributed by atoms with E-state index in [9.17, 15) is 8.42 Å². The number of nitrogens with zero attached hydrogens (tertiary/aromatic N) is 1. The van der Waals surface area contributed by atoms with Crippen LogP contribution in [0.3, 0.4) is 0 Å². The van der Waals surface area contributed by atoms with Crippen LogP contribution in [0, 0.1) is 6.92 Å². The van der Waals surface area contributed by atoms with Crippen LogP contribution < -0.4 is 4.74 Å². The number of sulfone groups is 1. The Morgan fingerprint density at radius 1 is 1.25 bits per heavy atom. The van der Waals surface area contributed by atoms with Crippen LogP contribution in [0.5, 0.6) is 11.5 Å². The van der Waals surface area contributed by atoms with Crippen molar-refractivity contribution in [3.05, 3.63) is 47.8 Å². The number of hydrogen-bond donors (Lipinski definition) is 0. The minimum Gasteiger partial charge on any atom is -0.457 e. The van der Waals surface area contributed by atoms with Gasteiger partial charge in [-0.05, 0) is 31.2 Å². The molecule has 20 heavy (non-hydrogen) atoms. The highest BCUT2D eigenvalue weighted by atomic mass is 35.5. The minimum atomic E-state index is -3.20. The van der Waals surface area contributed by atoms with E-state index in [-0.39, 0.29) is 4.90 Å². The van der Waals surface area contributed by atoms with E-state index in [0.717, 1.165) is 11.3 Å². The Labute approximate surface area is 123 Å². The molecule has 0 aliphatic rings. The third-order valence-corrected chi connectivity index (χ3v) is 4.12. The summed E-state index contributed by atoms with van der Waals surface area (Å²) in [7, 11) is -3.20. The molecule has 2 aromatic rings. The lowest BCUT2D eigenvalue weighted by atomic mass is 10.2. The average Bonchev–Trinajstić information content (AvgIpc) is 2.38. The largest absolute Gasteiger partial charge is 0.457 e. The molecule has 0 amide bonds. The van der Waals surface area contributed by atoms with Crippen LogP contribution in [0.1, 0.15) is 11.3 Å². The van der Waals surface area contributed by atoms with E-state index < -0.39 is 9.84 Å². The van der Waals surface area contributed by atoms with Crippen molar-refractivity contribution in [1.82, 2.24) is 4.98 Å². The summed E-state index contributed by atoms with van der Waals surface area (Å²) in [5.74, 6) is 1.47. The van der Waals surface area contributed by atoms with E-state index in [1.165, 1.54) is 18.4 Å². The zero-order valence-corrected chi connectivity index (χ0v) is 12.7. The predicted molar refractivity (Wildman–Crippen MR) is 78.2 cm³/mol. The third-order valence-electron chi connectivity index (χ3n) is 2.70. The van der Waals surface area contributed by atoms with Gasteiger partial charge in [-0.25, -0.2) is 8.42 Å². The maximum Gasteiger partial charge on any atom is 0.175 e. The van der Waals surface area contributed by atoms with Gasteiger partial charge in [0, 0.05) is 29.8 Å². The molecule has 0 N–H and O–H groups in total. The summed E-state index contributed by atoms with van der Waals surface area (Å²) in [5.41, 5.74) is 1.60. The lowest BCUT2D eigenvalue weighted by molar-refractivity contribution is 0.476. The van der Waals surface area contributed by atoms with E-state index in [1.54, 1.807) is 24.4 Å². The van der Waals surface area contributed by atoms with Gasteiger partial charge >= 0.3 is 0 Å². The number of pyridine rings is 1. The highest BCUT2D eigenvalue weighted by Crippen LogP contribution is 2.27. The zero-order valence-electron chi connectivity index (χ0n) is 11.1. The zero-order chi connectivity index (χ0) is 14.8. The third kappa shape index (κ3) is 3.49. The number of aryl methyl sites for hydroxylation is 1. The lowest BCUT2D eigenvalue weighted by Crippen LogP contribution is -1.97. The molecule has 1 aromatic carbocycles. The molecular formula is C14H14ClNO3S. The molecule has 0 unspecified atom stereocenters. The lowest BCUT2D eigenvalue weighted by Gasteiger charge is -2.10. The van der Waals surface area contributed by atoms with Gasteiger partial charge in [-0.2, -0.15) is 0 Å². The first-order valence-electron chi connectivity index (χ1n) is 5.89. The number of alkyl halides is 1. The highest BCUT2D eigenvalue weighted by molar-refractivity contribution is 7.90. The van der Waals surface area contributed by atoms with Gasteiger partial charge < -0.3 is 4.74 Å². The van der Waals surface area contributed by atoms with Gasteiger partial charge in [0.2, 0.25) is 0 Å². The fourth-order valence-corrected chi connectivity index (χ4v) is 2.47. The molecule has 0 aliphatic heterocycles. The molecular weight excluding hydrogens is 298 g/mol. The van der Waals surface area contributed by atoms with Crippen molar-refractivity contribution in [2.75, 3.05) is 6.26 Å². The SMILES string of the molecule is Cc1cc(Oc2ccc(S(C)(=O)=O)cc2)c(CCl)cn1. The molecule has 0 spiro atoms. The number of ether oxygens (including phenoxy) is 1. The van der Waals surface area contributed by atoms with Gasteiger partial charge in [0.05, 0.1) is 10.8 Å². The van der Waals surface area contributed by atoms with Gasteiger partial charge in [0.1, 0.15) is 11.5 Å². The molecule has 0 bridgehead atoms. The van der Waals surface area contributed by atoms with Crippen LogP contribution in [0.4, 0.5) is 0 Å². The Hall–Kier alpha value is -1.59. The second-order valence-corrected chi connectivity index (χ2v) is 6.70. The molecule has 6 heteroatoms. The van der Waals surface area contributed by atoms with Gasteiger partial charge in [-0.3, -0.25) is 4.98 Å². The molecule has 106 valence electrons. The summed E-state index contributed by atoms with van der Waals surface area (Å²) in [4.78, 5) is 4.41. The Morgan fingerprint density at radius 3 is 2.45 bits per heavy atom. The van der Waals surface area contributed by atoms with Crippen molar-refractivity contribution in [2.45, 2.75) is 17.7 Å². The van der Waals surface area contributed by atoms with Crippen LogP contribution in [0.25, 0.3) is 0 Å². The smallest absolute Gasteiger partial charge is 0.175 e. The molecule has 0 aliphatic carbocycles. The topological polar surface area (TPSA) is 56.3 Å². The molecule has 0 radical (unpaired) electrons. The van der Waals surface area contributed by atoms with E-state index in [0.29, 0.717) is 17.4 Å². The second kappa shape index (κ2) is 5.81. The van der Waals surface area contributed by atoms with Crippen LogP contribution in [0.2, 0.25) is 0 Å². The maximum atomic E-state index is 11.4. The molecule has 0 atom stereocenters. The van der Waals surface area contributed by atoms with Crippen LogP contribution in [0.15, 0.2) is 41.4 Å². The minimum absolute atomic E-state index is 0.258. The normalized spacial score (nSPS) is 11.3. The fourth-order valence-electron chi connectivity index (χ4n) is 1.64. The quantitative estimate of drug-likeness (QED) is 0.813. The monoisotopic (exact) mass is 311 g/mol. The van der Waals surface area contributed by atoms with Gasteiger partial charge in [-0.15, -0.1) is 11.6 Å². The van der Waals surface area contributed by atoms with E-state index >= 15 is 0 Å². The first-order valence-corrected chi connectivity index (χ1v) is 8.32. The van der Waals surface area contributed by atoms with Crippen molar-refractivity contribution in [2.24, 2.45) is 0 Å². The molecule has 0 fully saturated rings. The Kier molecular flexibility index (Phi) is 4.30. The van der Waals surface area contributed by atoms with E-state index in [1.807, 2.05) is 6.92 Å². The summed E-state index contributed by atoms with van der Waals surface area (Å²) in [6, 6.07) is 8.05. The Balaban J connectivity index is 2.29. The van der Waals surface area contributed by atoms with Gasteiger partial charge in [-0.1, -0.05) is 0 Å². The summed E-state index contributed by atoms with van der Waals surface area (Å²) in [6.45, 7) is 1.86. The Bertz CT molecular complexity index is 712. The van der Waals surface area contributed by atoms with E-state index in [4.69, 9.17) is 16.3 Å². The Morgan fingerprint density at radius 2 is 1.90 bits per heavy atom. The maximum absolute atomic E-state index is 11.4. The molecule has 2 rings (SSSR count). The van der Waals surface area contributed by atoms with Crippen molar-refractivity contribution < 1.29 is 13.2 Å². The number of halogens is 1. The standard InChI is InChI=1S/C14H14ClNO3S/c1-10-7-14(11(8-15)9-16-10)19-12-3-5-13(6-4-12)20(2,17)18/h3-7,9H,8H2,1-2H3. The molecule has 1 heterocycles. The average molecular weight is 312 g/mol. The highest BCUT2D eigenvalue weighted by Gasteiger charge is 2.09. The summed E-state index contributed by atoms with van der Waals surface area (Å²) in [5, 5.41) is 0. The second-order valence-electron chi connectivity index (χ2n) is 4.41. The fraction of sp³-hybridized carbons (Fsp3) is 0.214. The van der Waals surface area contributed by atoms with Crippen LogP contribution in [-0.4, -0.2) is 19.7 Å². The molecule has 4 nitrogen and oxygen atoms in total. The van der Waals surface area contributed by atoms with Crippen LogP contribution in [-0.2, 0) is 15.7 Å². The summed E-state index contributed by atoms with van der Waals surface area (Å²) >= 11 is 5.84. The first kappa shape index (κ1) is 14.8.